The van der Waals surface area contributed by atoms with E-state index < -0.39 is 10.0 Å². The molecule has 0 spiro atoms. The lowest BCUT2D eigenvalue weighted by Crippen LogP contribution is -2.39. The van der Waals surface area contributed by atoms with Gasteiger partial charge < -0.3 is 15.0 Å². The van der Waals surface area contributed by atoms with Gasteiger partial charge in [-0.25, -0.2) is 8.42 Å². The first-order valence-electron chi connectivity index (χ1n) is 10.6. The van der Waals surface area contributed by atoms with E-state index in [9.17, 15) is 13.2 Å². The zero-order valence-electron chi connectivity index (χ0n) is 18.4. The number of hydrogen-bond donors (Lipinski definition) is 1. The lowest BCUT2D eigenvalue weighted by atomic mass is 10.1. The second-order valence-corrected chi connectivity index (χ2v) is 9.91. The first-order valence-corrected chi connectivity index (χ1v) is 12.0. The molecular formula is C23H31N3O4S. The smallest absolute Gasteiger partial charge is 0.243 e. The Morgan fingerprint density at radius 2 is 1.68 bits per heavy atom. The van der Waals surface area contributed by atoms with Crippen LogP contribution in [0.15, 0.2) is 53.4 Å². The number of anilines is 1. The maximum atomic E-state index is 12.7. The van der Waals surface area contributed by atoms with Gasteiger partial charge in [0.2, 0.25) is 15.9 Å². The molecule has 3 rings (SSSR count). The number of nitrogens with one attached hydrogen (secondary N) is 1. The number of nitrogens with zero attached hydrogens (tertiary/aromatic N) is 2. The van der Waals surface area contributed by atoms with Crippen LogP contribution in [0.2, 0.25) is 0 Å². The monoisotopic (exact) mass is 445 g/mol. The molecule has 31 heavy (non-hydrogen) atoms. The number of methoxy groups -OCH3 is 1. The van der Waals surface area contributed by atoms with Gasteiger partial charge in [-0.1, -0.05) is 12.1 Å². The van der Waals surface area contributed by atoms with Crippen LogP contribution in [0.4, 0.5) is 5.69 Å². The number of likely N-dealkylation sites (N-methyl/N-ethyl adjacent to an activating group) is 1. The normalized spacial score (nSPS) is 15.5. The summed E-state index contributed by atoms with van der Waals surface area (Å²) in [5.41, 5.74) is 2.18. The Balaban J connectivity index is 1.57. The lowest BCUT2D eigenvalue weighted by molar-refractivity contribution is -0.121. The molecule has 1 amide bonds. The van der Waals surface area contributed by atoms with Crippen molar-refractivity contribution in [3.63, 3.8) is 0 Å². The molecule has 7 nitrogen and oxygen atoms in total. The van der Waals surface area contributed by atoms with Crippen molar-refractivity contribution in [2.45, 2.75) is 37.1 Å². The zero-order chi connectivity index (χ0) is 22.4. The van der Waals surface area contributed by atoms with Gasteiger partial charge in [0.25, 0.3) is 0 Å². The highest BCUT2D eigenvalue weighted by molar-refractivity contribution is 7.89. The number of ether oxygens (including phenoxy) is 1. The molecular weight excluding hydrogens is 414 g/mol. The third-order valence-corrected chi connectivity index (χ3v) is 7.44. The number of piperidine rings is 1. The summed E-state index contributed by atoms with van der Waals surface area (Å²) in [6, 6.07) is 14.1. The van der Waals surface area contributed by atoms with Crippen molar-refractivity contribution in [1.29, 1.82) is 0 Å². The third kappa shape index (κ3) is 5.77. The van der Waals surface area contributed by atoms with E-state index in [-0.39, 0.29) is 23.4 Å². The van der Waals surface area contributed by atoms with Gasteiger partial charge in [0.05, 0.1) is 24.6 Å². The topological polar surface area (TPSA) is 79.0 Å². The summed E-state index contributed by atoms with van der Waals surface area (Å²) in [5, 5.41) is 2.89. The van der Waals surface area contributed by atoms with Crippen LogP contribution in [-0.4, -0.2) is 52.4 Å². The van der Waals surface area contributed by atoms with E-state index in [2.05, 4.69) is 22.3 Å². The van der Waals surface area contributed by atoms with E-state index in [1.807, 2.05) is 19.1 Å². The number of hydrogen-bond acceptors (Lipinski definition) is 5. The van der Waals surface area contributed by atoms with Crippen molar-refractivity contribution < 1.29 is 17.9 Å². The van der Waals surface area contributed by atoms with Crippen molar-refractivity contribution in [3.05, 3.63) is 54.1 Å². The number of benzene rings is 2. The molecule has 8 heteroatoms. The van der Waals surface area contributed by atoms with E-state index in [0.717, 1.165) is 23.0 Å². The van der Waals surface area contributed by atoms with Gasteiger partial charge in [-0.15, -0.1) is 0 Å². The predicted octanol–water partition coefficient (Wildman–Crippen LogP) is 3.18. The van der Waals surface area contributed by atoms with E-state index >= 15 is 0 Å². The maximum Gasteiger partial charge on any atom is 0.243 e. The Labute approximate surface area is 185 Å². The molecule has 1 unspecified atom stereocenters. The minimum atomic E-state index is -3.77. The second kappa shape index (κ2) is 10.2. The minimum absolute atomic E-state index is 0.116. The van der Waals surface area contributed by atoms with Gasteiger partial charge >= 0.3 is 0 Å². The summed E-state index contributed by atoms with van der Waals surface area (Å²) in [4.78, 5) is 15.0. The van der Waals surface area contributed by atoms with Gasteiger partial charge in [0.15, 0.2) is 0 Å². The molecule has 1 N–H and O–H groups in total. The highest BCUT2D eigenvalue weighted by atomic mass is 32.2. The van der Waals surface area contributed by atoms with Crippen LogP contribution >= 0.6 is 0 Å². The van der Waals surface area contributed by atoms with Crippen LogP contribution in [0, 0.1) is 0 Å². The summed E-state index contributed by atoms with van der Waals surface area (Å²) in [5.74, 6) is 0.215. The van der Waals surface area contributed by atoms with Gasteiger partial charge in [-0.2, -0.15) is 4.31 Å². The van der Waals surface area contributed by atoms with Crippen LogP contribution in [0.3, 0.4) is 0 Å². The number of carbonyl (C=O) groups is 1. The average Bonchev–Trinajstić information content (AvgIpc) is 2.79. The quantitative estimate of drug-likeness (QED) is 0.675. The fourth-order valence-electron chi connectivity index (χ4n) is 3.71. The van der Waals surface area contributed by atoms with Crippen molar-refractivity contribution in [2.24, 2.45) is 0 Å². The van der Waals surface area contributed by atoms with Gasteiger partial charge in [-0.05, 0) is 68.1 Å². The molecule has 0 saturated carbocycles. The summed E-state index contributed by atoms with van der Waals surface area (Å²) in [6.45, 7) is 3.80. The number of carbonyl (C=O) groups excluding carboxylic acids is 1. The van der Waals surface area contributed by atoms with Crippen LogP contribution < -0.4 is 15.0 Å². The Kier molecular flexibility index (Phi) is 7.56. The molecule has 2 aromatic carbocycles. The lowest BCUT2D eigenvalue weighted by Gasteiger charge is -2.29. The highest BCUT2D eigenvalue weighted by Crippen LogP contribution is 2.23. The minimum Gasteiger partial charge on any atom is -0.497 e. The SMILES string of the molecule is COc1ccc(S(=O)(=O)N(C)CC(=O)NC(C)c2ccc(N3CCCCC3)cc2)cc1. The van der Waals surface area contributed by atoms with Crippen molar-refractivity contribution in [3.8, 4) is 5.75 Å². The molecule has 1 aliphatic heterocycles. The summed E-state index contributed by atoms with van der Waals surface area (Å²) < 4.78 is 31.5. The summed E-state index contributed by atoms with van der Waals surface area (Å²) in [6.07, 6.45) is 3.74. The molecule has 168 valence electrons. The fraction of sp³-hybridized carbons (Fsp3) is 0.435. The van der Waals surface area contributed by atoms with Crippen molar-refractivity contribution in [2.75, 3.05) is 38.7 Å². The van der Waals surface area contributed by atoms with Crippen LogP contribution in [0.1, 0.15) is 37.8 Å². The molecule has 2 aromatic rings. The van der Waals surface area contributed by atoms with Crippen molar-refractivity contribution in [1.82, 2.24) is 9.62 Å². The number of rotatable bonds is 8. The first kappa shape index (κ1) is 23.1. The summed E-state index contributed by atoms with van der Waals surface area (Å²) >= 11 is 0. The molecule has 0 aromatic heterocycles. The third-order valence-electron chi connectivity index (χ3n) is 5.63. The largest absolute Gasteiger partial charge is 0.497 e. The van der Waals surface area contributed by atoms with E-state index in [1.54, 1.807) is 12.1 Å². The molecule has 1 saturated heterocycles. The average molecular weight is 446 g/mol. The van der Waals surface area contributed by atoms with Crippen LogP contribution in [0.25, 0.3) is 0 Å². The molecule has 0 aliphatic carbocycles. The predicted molar refractivity (Wildman–Crippen MR) is 122 cm³/mol. The summed E-state index contributed by atoms with van der Waals surface area (Å²) in [7, 11) is -0.850. The number of sulfonamides is 1. The molecule has 1 fully saturated rings. The first-order chi connectivity index (χ1) is 14.8. The number of amides is 1. The van der Waals surface area contributed by atoms with Crippen molar-refractivity contribution >= 4 is 21.6 Å². The Morgan fingerprint density at radius 1 is 1.06 bits per heavy atom. The van der Waals surface area contributed by atoms with Crippen LogP contribution in [-0.2, 0) is 14.8 Å². The molecule has 1 atom stereocenters. The van der Waals surface area contributed by atoms with Crippen LogP contribution in [0.5, 0.6) is 5.75 Å². The van der Waals surface area contributed by atoms with E-state index in [4.69, 9.17) is 4.74 Å². The van der Waals surface area contributed by atoms with Gasteiger partial charge in [0, 0.05) is 25.8 Å². The van der Waals surface area contributed by atoms with Gasteiger partial charge in [-0.3, -0.25) is 4.79 Å². The molecule has 1 heterocycles. The highest BCUT2D eigenvalue weighted by Gasteiger charge is 2.23. The maximum absolute atomic E-state index is 12.7. The molecule has 0 bridgehead atoms. The van der Waals surface area contributed by atoms with Gasteiger partial charge in [0.1, 0.15) is 5.75 Å². The standard InChI is InChI=1S/C23H31N3O4S/c1-18(19-7-9-20(10-8-19)26-15-5-4-6-16-26)24-23(27)17-25(2)31(28,29)22-13-11-21(30-3)12-14-22/h7-14,18H,4-6,15-17H2,1-3H3,(H,24,27). The molecule has 0 radical (unpaired) electrons. The fourth-order valence-corrected chi connectivity index (χ4v) is 4.84. The Hall–Kier alpha value is -2.58. The Bertz CT molecular complexity index is 969. The van der Waals surface area contributed by atoms with E-state index in [0.29, 0.717) is 5.75 Å². The Morgan fingerprint density at radius 3 is 2.26 bits per heavy atom. The molecule has 1 aliphatic rings. The second-order valence-electron chi connectivity index (χ2n) is 7.87. The van der Waals surface area contributed by atoms with E-state index in [1.165, 1.54) is 51.2 Å². The zero-order valence-corrected chi connectivity index (χ0v) is 19.2.